The maximum Gasteiger partial charge on any atom is 0.364 e. The fraction of sp³-hybridized carbons (Fsp3) is 0.900. The SMILES string of the molecule is CCCCCCCCCCCC(=O)N[C@H](CC)[C@@H](C(=O)O)[N+](C)(C)C. The monoisotopic (exact) mass is 357 g/mol. The van der Waals surface area contributed by atoms with Crippen LogP contribution in [0.2, 0.25) is 0 Å². The summed E-state index contributed by atoms with van der Waals surface area (Å²) in [5.74, 6) is -0.878. The van der Waals surface area contributed by atoms with Crippen LogP contribution in [0, 0.1) is 0 Å². The van der Waals surface area contributed by atoms with Gasteiger partial charge in [-0.15, -0.1) is 0 Å². The van der Waals surface area contributed by atoms with Crippen LogP contribution in [0.25, 0.3) is 0 Å². The van der Waals surface area contributed by atoms with Gasteiger partial charge in [-0.2, -0.15) is 0 Å². The summed E-state index contributed by atoms with van der Waals surface area (Å²) in [5.41, 5.74) is 0. The Morgan fingerprint density at radius 2 is 1.36 bits per heavy atom. The van der Waals surface area contributed by atoms with E-state index in [1.165, 1.54) is 44.9 Å². The first-order chi connectivity index (χ1) is 11.7. The average Bonchev–Trinajstić information content (AvgIpc) is 2.50. The van der Waals surface area contributed by atoms with Crippen LogP contribution in [0.3, 0.4) is 0 Å². The van der Waals surface area contributed by atoms with E-state index in [1.807, 2.05) is 28.1 Å². The molecule has 0 radical (unpaired) electrons. The van der Waals surface area contributed by atoms with E-state index < -0.39 is 12.0 Å². The number of amides is 1. The molecule has 0 aromatic heterocycles. The summed E-state index contributed by atoms with van der Waals surface area (Å²) in [6.07, 6.45) is 12.1. The Bertz CT molecular complexity index is 378. The van der Waals surface area contributed by atoms with Crippen molar-refractivity contribution in [2.45, 2.75) is 96.6 Å². The lowest BCUT2D eigenvalue weighted by molar-refractivity contribution is -0.888. The Labute approximate surface area is 154 Å². The number of carbonyl (C=O) groups excluding carboxylic acids is 1. The predicted octanol–water partition coefficient (Wildman–Crippen LogP) is 3.96. The van der Waals surface area contributed by atoms with Gasteiger partial charge >= 0.3 is 5.97 Å². The predicted molar refractivity (Wildman–Crippen MR) is 104 cm³/mol. The maximum atomic E-state index is 12.2. The van der Waals surface area contributed by atoms with Crippen LogP contribution in [-0.4, -0.2) is 54.7 Å². The highest BCUT2D eigenvalue weighted by atomic mass is 16.4. The first-order valence-electron chi connectivity index (χ1n) is 10.1. The lowest BCUT2D eigenvalue weighted by atomic mass is 10.0. The number of hydrogen-bond donors (Lipinski definition) is 2. The molecule has 0 saturated carbocycles. The number of likely N-dealkylation sites (N-methyl/N-ethyl adjacent to an activating group) is 1. The van der Waals surface area contributed by atoms with Crippen molar-refractivity contribution in [2.75, 3.05) is 21.1 Å². The molecule has 0 unspecified atom stereocenters. The minimum Gasteiger partial charge on any atom is -0.477 e. The number of carbonyl (C=O) groups is 2. The van der Waals surface area contributed by atoms with Crippen LogP contribution in [0.4, 0.5) is 0 Å². The first-order valence-corrected chi connectivity index (χ1v) is 10.1. The standard InChI is InChI=1S/C20H40N2O3/c1-6-8-9-10-11-12-13-14-15-16-18(23)21-17(7-2)19(20(24)25)22(3,4)5/h17,19H,6-16H2,1-5H3,(H-,21,23,24,25)/p+1/t17-,19+/m1/s1. The molecule has 0 aromatic carbocycles. The number of rotatable bonds is 15. The van der Waals surface area contributed by atoms with Crippen LogP contribution in [-0.2, 0) is 9.59 Å². The summed E-state index contributed by atoms with van der Waals surface area (Å²) < 4.78 is 0.298. The zero-order valence-corrected chi connectivity index (χ0v) is 17.1. The second-order valence-electron chi connectivity index (χ2n) is 8.06. The van der Waals surface area contributed by atoms with Gasteiger partial charge in [-0.1, -0.05) is 65.2 Å². The van der Waals surface area contributed by atoms with Gasteiger partial charge in [0.25, 0.3) is 0 Å². The zero-order valence-electron chi connectivity index (χ0n) is 17.1. The summed E-state index contributed by atoms with van der Waals surface area (Å²) >= 11 is 0. The number of quaternary nitrogens is 1. The van der Waals surface area contributed by atoms with E-state index >= 15 is 0 Å². The molecule has 2 atom stereocenters. The quantitative estimate of drug-likeness (QED) is 0.344. The fourth-order valence-electron chi connectivity index (χ4n) is 3.32. The molecule has 0 heterocycles. The highest BCUT2D eigenvalue weighted by Crippen LogP contribution is 2.13. The number of nitrogens with zero attached hydrogens (tertiary/aromatic N) is 1. The van der Waals surface area contributed by atoms with Crippen molar-refractivity contribution in [3.05, 3.63) is 0 Å². The Kier molecular flexibility index (Phi) is 12.6. The molecule has 5 heteroatoms. The summed E-state index contributed by atoms with van der Waals surface area (Å²) in [6, 6.07) is -0.958. The molecule has 2 N–H and O–H groups in total. The van der Waals surface area contributed by atoms with Crippen LogP contribution >= 0.6 is 0 Å². The second kappa shape index (κ2) is 13.2. The highest BCUT2D eigenvalue weighted by molar-refractivity contribution is 5.78. The van der Waals surface area contributed by atoms with Gasteiger partial charge in [-0.25, -0.2) is 4.79 Å². The van der Waals surface area contributed by atoms with Crippen LogP contribution in [0.5, 0.6) is 0 Å². The molecule has 0 aliphatic rings. The molecule has 0 aromatic rings. The summed E-state index contributed by atoms with van der Waals surface area (Å²) in [5, 5.41) is 12.5. The largest absolute Gasteiger partial charge is 0.477 e. The van der Waals surface area contributed by atoms with Gasteiger partial charge in [-0.05, 0) is 12.8 Å². The molecule has 0 fully saturated rings. The zero-order chi connectivity index (χ0) is 19.3. The van der Waals surface area contributed by atoms with Crippen LogP contribution in [0.15, 0.2) is 0 Å². The number of hydrogen-bond acceptors (Lipinski definition) is 2. The summed E-state index contributed by atoms with van der Waals surface area (Å²) in [4.78, 5) is 23.8. The van der Waals surface area contributed by atoms with Gasteiger partial charge in [0.15, 0.2) is 0 Å². The maximum absolute atomic E-state index is 12.2. The number of carboxylic acid groups (broad SMARTS) is 1. The van der Waals surface area contributed by atoms with Gasteiger partial charge < -0.3 is 14.9 Å². The van der Waals surface area contributed by atoms with Crippen molar-refractivity contribution in [1.82, 2.24) is 5.32 Å². The van der Waals surface area contributed by atoms with Gasteiger partial charge in [0.05, 0.1) is 27.2 Å². The number of unbranched alkanes of at least 4 members (excludes halogenated alkanes) is 8. The summed E-state index contributed by atoms with van der Waals surface area (Å²) in [6.45, 7) is 4.16. The van der Waals surface area contributed by atoms with Crippen LogP contribution in [0.1, 0.15) is 84.5 Å². The third kappa shape index (κ3) is 11.2. The molecule has 1 amide bonds. The molecule has 0 bridgehead atoms. The molecule has 0 aliphatic heterocycles. The van der Waals surface area contributed by atoms with Crippen molar-refractivity contribution in [3.8, 4) is 0 Å². The smallest absolute Gasteiger partial charge is 0.364 e. The number of aliphatic carboxylic acids is 1. The minimum atomic E-state index is -0.859. The topological polar surface area (TPSA) is 66.4 Å². The van der Waals surface area contributed by atoms with E-state index in [4.69, 9.17) is 0 Å². The van der Waals surface area contributed by atoms with E-state index in [0.717, 1.165) is 12.8 Å². The average molecular weight is 358 g/mol. The van der Waals surface area contributed by atoms with Gasteiger partial charge in [0.2, 0.25) is 11.9 Å². The minimum absolute atomic E-state index is 0.0190. The first kappa shape index (κ1) is 23.9. The van der Waals surface area contributed by atoms with E-state index in [2.05, 4.69) is 12.2 Å². The fourth-order valence-corrected chi connectivity index (χ4v) is 3.32. The number of nitrogens with one attached hydrogen (secondary N) is 1. The third-order valence-electron chi connectivity index (χ3n) is 4.76. The molecule has 0 rings (SSSR count). The van der Waals surface area contributed by atoms with E-state index in [0.29, 0.717) is 17.3 Å². The number of carboxylic acids is 1. The lowest BCUT2D eigenvalue weighted by Gasteiger charge is -2.36. The van der Waals surface area contributed by atoms with Crippen LogP contribution < -0.4 is 5.32 Å². The second-order valence-corrected chi connectivity index (χ2v) is 8.06. The van der Waals surface area contributed by atoms with Crippen molar-refractivity contribution in [2.24, 2.45) is 0 Å². The van der Waals surface area contributed by atoms with Crippen molar-refractivity contribution in [3.63, 3.8) is 0 Å². The van der Waals surface area contributed by atoms with Crippen molar-refractivity contribution >= 4 is 11.9 Å². The normalized spacial score (nSPS) is 14.1. The molecule has 148 valence electrons. The van der Waals surface area contributed by atoms with Gasteiger partial charge in [-0.3, -0.25) is 4.79 Å². The summed E-state index contributed by atoms with van der Waals surface area (Å²) in [7, 11) is 5.57. The Morgan fingerprint density at radius 1 is 0.880 bits per heavy atom. The van der Waals surface area contributed by atoms with Crippen molar-refractivity contribution < 1.29 is 19.2 Å². The lowest BCUT2D eigenvalue weighted by Crippen LogP contribution is -2.60. The Hall–Kier alpha value is -1.10. The highest BCUT2D eigenvalue weighted by Gasteiger charge is 2.39. The molecule has 25 heavy (non-hydrogen) atoms. The van der Waals surface area contributed by atoms with Crippen molar-refractivity contribution in [1.29, 1.82) is 0 Å². The van der Waals surface area contributed by atoms with Gasteiger partial charge in [0.1, 0.15) is 0 Å². The molecular formula is C20H41N2O3+. The van der Waals surface area contributed by atoms with E-state index in [-0.39, 0.29) is 11.9 Å². The molecule has 0 saturated heterocycles. The third-order valence-corrected chi connectivity index (χ3v) is 4.76. The molecule has 0 aliphatic carbocycles. The molecule has 5 nitrogen and oxygen atoms in total. The van der Waals surface area contributed by atoms with E-state index in [1.54, 1.807) is 0 Å². The molecule has 0 spiro atoms. The van der Waals surface area contributed by atoms with Gasteiger partial charge in [0, 0.05) is 6.42 Å². The molecular weight excluding hydrogens is 316 g/mol. The Balaban J connectivity index is 4.04. The van der Waals surface area contributed by atoms with E-state index in [9.17, 15) is 14.7 Å². The Morgan fingerprint density at radius 3 is 1.76 bits per heavy atom.